The summed E-state index contributed by atoms with van der Waals surface area (Å²) in [6, 6.07) is -0.243. The minimum Gasteiger partial charge on any atom is -0.480 e. The van der Waals surface area contributed by atoms with Crippen molar-refractivity contribution in [1.29, 1.82) is 0 Å². The van der Waals surface area contributed by atoms with Crippen LogP contribution in [0.15, 0.2) is 0 Å². The van der Waals surface area contributed by atoms with Gasteiger partial charge in [-0.1, -0.05) is 33.6 Å². The van der Waals surface area contributed by atoms with Gasteiger partial charge in [0.2, 0.25) is 0 Å². The monoisotopic (exact) mass is 227 g/mol. The number of hydrogen-bond donors (Lipinski definition) is 1. The summed E-state index contributed by atoms with van der Waals surface area (Å²) in [5.41, 5.74) is 0. The van der Waals surface area contributed by atoms with Gasteiger partial charge in [-0.05, 0) is 31.2 Å². The van der Waals surface area contributed by atoms with E-state index in [0.29, 0.717) is 11.8 Å². The third-order valence-corrected chi connectivity index (χ3v) is 3.93. The molecule has 3 nitrogen and oxygen atoms in total. The van der Waals surface area contributed by atoms with Gasteiger partial charge >= 0.3 is 5.97 Å². The van der Waals surface area contributed by atoms with Crippen molar-refractivity contribution in [2.75, 3.05) is 13.1 Å². The largest absolute Gasteiger partial charge is 0.480 e. The Bertz CT molecular complexity index is 230. The normalized spacial score (nSPS) is 28.9. The van der Waals surface area contributed by atoms with Gasteiger partial charge in [0.15, 0.2) is 0 Å². The summed E-state index contributed by atoms with van der Waals surface area (Å²) in [4.78, 5) is 13.4. The first-order chi connectivity index (χ1) is 7.58. The van der Waals surface area contributed by atoms with E-state index in [1.165, 1.54) is 0 Å². The highest BCUT2D eigenvalue weighted by molar-refractivity contribution is 5.73. The van der Waals surface area contributed by atoms with Crippen molar-refractivity contribution in [3.05, 3.63) is 0 Å². The highest BCUT2D eigenvalue weighted by Gasteiger charge is 2.32. The number of carboxylic acids is 1. The van der Waals surface area contributed by atoms with E-state index in [-0.39, 0.29) is 6.04 Å². The topological polar surface area (TPSA) is 40.5 Å². The fourth-order valence-electron chi connectivity index (χ4n) is 2.46. The molecule has 1 aliphatic heterocycles. The summed E-state index contributed by atoms with van der Waals surface area (Å²) >= 11 is 0. The average Bonchev–Trinajstić information content (AvgIpc) is 2.29. The van der Waals surface area contributed by atoms with Crippen molar-refractivity contribution in [3.8, 4) is 0 Å². The van der Waals surface area contributed by atoms with Gasteiger partial charge in [-0.25, -0.2) is 0 Å². The predicted molar refractivity (Wildman–Crippen MR) is 65.5 cm³/mol. The van der Waals surface area contributed by atoms with Gasteiger partial charge < -0.3 is 5.11 Å². The van der Waals surface area contributed by atoms with E-state index in [2.05, 4.69) is 25.7 Å². The van der Waals surface area contributed by atoms with Gasteiger partial charge in [-0.15, -0.1) is 0 Å². The summed E-state index contributed by atoms with van der Waals surface area (Å²) < 4.78 is 0. The van der Waals surface area contributed by atoms with Crippen LogP contribution in [0.4, 0.5) is 0 Å². The van der Waals surface area contributed by atoms with Crippen LogP contribution in [0, 0.1) is 11.8 Å². The number of rotatable bonds is 5. The van der Waals surface area contributed by atoms with Crippen LogP contribution >= 0.6 is 0 Å². The fourth-order valence-corrected chi connectivity index (χ4v) is 2.46. The maximum absolute atomic E-state index is 11.3. The van der Waals surface area contributed by atoms with Gasteiger partial charge in [0, 0.05) is 6.54 Å². The zero-order chi connectivity index (χ0) is 12.1. The van der Waals surface area contributed by atoms with Crippen LogP contribution in [0.3, 0.4) is 0 Å². The molecule has 1 heterocycles. The summed E-state index contributed by atoms with van der Waals surface area (Å²) in [6.07, 6.45) is 4.24. The lowest BCUT2D eigenvalue weighted by atomic mass is 9.88. The molecule has 1 fully saturated rings. The first-order valence-corrected chi connectivity index (χ1v) is 6.55. The SMILES string of the molecule is CCC(C)CN1CCC(CC)CC1C(=O)O. The molecule has 0 spiro atoms. The van der Waals surface area contributed by atoms with Crippen molar-refractivity contribution < 1.29 is 9.90 Å². The molecule has 0 aromatic carbocycles. The van der Waals surface area contributed by atoms with Gasteiger partial charge in [0.05, 0.1) is 0 Å². The van der Waals surface area contributed by atoms with Crippen molar-refractivity contribution in [3.63, 3.8) is 0 Å². The molecule has 16 heavy (non-hydrogen) atoms. The summed E-state index contributed by atoms with van der Waals surface area (Å²) in [6.45, 7) is 8.42. The van der Waals surface area contributed by atoms with Crippen LogP contribution < -0.4 is 0 Å². The molecule has 0 aromatic rings. The maximum Gasteiger partial charge on any atom is 0.320 e. The second-order valence-corrected chi connectivity index (χ2v) is 5.16. The number of aliphatic carboxylic acids is 1. The van der Waals surface area contributed by atoms with E-state index in [9.17, 15) is 9.90 Å². The molecular weight excluding hydrogens is 202 g/mol. The van der Waals surface area contributed by atoms with Crippen LogP contribution in [0.1, 0.15) is 46.5 Å². The van der Waals surface area contributed by atoms with Gasteiger partial charge in [0.25, 0.3) is 0 Å². The van der Waals surface area contributed by atoms with E-state index >= 15 is 0 Å². The highest BCUT2D eigenvalue weighted by atomic mass is 16.4. The second-order valence-electron chi connectivity index (χ2n) is 5.16. The van der Waals surface area contributed by atoms with Gasteiger partial charge in [-0.3, -0.25) is 9.69 Å². The molecule has 0 bridgehead atoms. The lowest BCUT2D eigenvalue weighted by molar-refractivity contribution is -0.145. The van der Waals surface area contributed by atoms with Crippen LogP contribution in [-0.2, 0) is 4.79 Å². The number of piperidine rings is 1. The number of carboxylic acid groups (broad SMARTS) is 1. The first-order valence-electron chi connectivity index (χ1n) is 6.55. The minimum atomic E-state index is -0.638. The van der Waals surface area contributed by atoms with E-state index in [0.717, 1.165) is 38.8 Å². The first kappa shape index (κ1) is 13.5. The predicted octanol–water partition coefficient (Wildman–Crippen LogP) is 2.61. The van der Waals surface area contributed by atoms with Crippen LogP contribution in [-0.4, -0.2) is 35.1 Å². The smallest absolute Gasteiger partial charge is 0.320 e. The molecule has 1 N–H and O–H groups in total. The zero-order valence-electron chi connectivity index (χ0n) is 10.8. The Morgan fingerprint density at radius 1 is 1.50 bits per heavy atom. The van der Waals surface area contributed by atoms with Gasteiger partial charge in [0.1, 0.15) is 6.04 Å². The van der Waals surface area contributed by atoms with Crippen molar-refractivity contribution in [2.45, 2.75) is 52.5 Å². The molecule has 3 atom stereocenters. The molecule has 0 aliphatic carbocycles. The Kier molecular flexibility index (Phi) is 5.26. The lowest BCUT2D eigenvalue weighted by Crippen LogP contribution is -2.48. The average molecular weight is 227 g/mol. The number of nitrogens with zero attached hydrogens (tertiary/aromatic N) is 1. The molecule has 0 radical (unpaired) electrons. The van der Waals surface area contributed by atoms with E-state index < -0.39 is 5.97 Å². The van der Waals surface area contributed by atoms with Gasteiger partial charge in [-0.2, -0.15) is 0 Å². The third kappa shape index (κ3) is 3.48. The standard InChI is InChI=1S/C13H25NO2/c1-4-10(3)9-14-7-6-11(5-2)8-12(14)13(15)16/h10-12H,4-9H2,1-3H3,(H,15,16). The fraction of sp³-hybridized carbons (Fsp3) is 0.923. The maximum atomic E-state index is 11.3. The number of hydrogen-bond acceptors (Lipinski definition) is 2. The summed E-state index contributed by atoms with van der Waals surface area (Å²) in [5.74, 6) is 0.566. The highest BCUT2D eigenvalue weighted by Crippen LogP contribution is 2.26. The minimum absolute atomic E-state index is 0.243. The molecule has 1 aliphatic rings. The quantitative estimate of drug-likeness (QED) is 0.785. The Morgan fingerprint density at radius 3 is 2.69 bits per heavy atom. The molecule has 0 amide bonds. The molecular formula is C13H25NO2. The Balaban J connectivity index is 2.58. The molecule has 3 unspecified atom stereocenters. The molecule has 0 aromatic heterocycles. The van der Waals surface area contributed by atoms with Crippen molar-refractivity contribution in [2.24, 2.45) is 11.8 Å². The molecule has 94 valence electrons. The van der Waals surface area contributed by atoms with E-state index in [1.54, 1.807) is 0 Å². The van der Waals surface area contributed by atoms with Crippen LogP contribution in [0.2, 0.25) is 0 Å². The number of carbonyl (C=O) groups is 1. The summed E-state index contributed by atoms with van der Waals surface area (Å²) in [5, 5.41) is 9.27. The zero-order valence-corrected chi connectivity index (χ0v) is 10.8. The third-order valence-electron chi connectivity index (χ3n) is 3.93. The Labute approximate surface area is 98.8 Å². The van der Waals surface area contributed by atoms with E-state index in [4.69, 9.17) is 0 Å². The Hall–Kier alpha value is -0.570. The van der Waals surface area contributed by atoms with E-state index in [1.807, 2.05) is 0 Å². The van der Waals surface area contributed by atoms with Crippen molar-refractivity contribution in [1.82, 2.24) is 4.90 Å². The molecule has 3 heteroatoms. The molecule has 0 saturated carbocycles. The van der Waals surface area contributed by atoms with Crippen molar-refractivity contribution >= 4 is 5.97 Å². The number of likely N-dealkylation sites (tertiary alicyclic amines) is 1. The van der Waals surface area contributed by atoms with Crippen LogP contribution in [0.25, 0.3) is 0 Å². The Morgan fingerprint density at radius 2 is 2.19 bits per heavy atom. The molecule has 1 saturated heterocycles. The second kappa shape index (κ2) is 6.24. The summed E-state index contributed by atoms with van der Waals surface area (Å²) in [7, 11) is 0. The lowest BCUT2D eigenvalue weighted by Gasteiger charge is -2.38. The molecule has 1 rings (SSSR count). The van der Waals surface area contributed by atoms with Crippen LogP contribution in [0.5, 0.6) is 0 Å².